The second-order valence-corrected chi connectivity index (χ2v) is 6.17. The van der Waals surface area contributed by atoms with Gasteiger partial charge in [0.05, 0.1) is 11.1 Å². The van der Waals surface area contributed by atoms with E-state index in [0.29, 0.717) is 27.7 Å². The molecule has 7 nitrogen and oxygen atoms in total. The molecule has 2 aromatic heterocycles. The van der Waals surface area contributed by atoms with Crippen LogP contribution in [0.3, 0.4) is 0 Å². The molecule has 134 valence electrons. The first-order valence-corrected chi connectivity index (χ1v) is 8.09. The lowest BCUT2D eigenvalue weighted by atomic mass is 10.1. The molecule has 0 aliphatic heterocycles. The highest BCUT2D eigenvalue weighted by Crippen LogP contribution is 2.25. The second kappa shape index (κ2) is 7.67. The Bertz CT molecular complexity index is 784. The minimum Gasteiger partial charge on any atom is -0.448 e. The molecule has 0 bridgehead atoms. The van der Waals surface area contributed by atoms with E-state index in [1.807, 2.05) is 0 Å². The van der Waals surface area contributed by atoms with Gasteiger partial charge in [0, 0.05) is 17.5 Å². The number of esters is 1. The van der Waals surface area contributed by atoms with Crippen molar-refractivity contribution in [2.75, 3.05) is 5.32 Å². The summed E-state index contributed by atoms with van der Waals surface area (Å²) in [5.41, 5.74) is 2.15. The average Bonchev–Trinajstić information content (AvgIpc) is 2.84. The number of pyridine rings is 1. The number of carbonyl (C=O) groups is 2. The number of anilines is 1. The second-order valence-electron chi connectivity index (χ2n) is 5.74. The summed E-state index contributed by atoms with van der Waals surface area (Å²) in [6.07, 6.45) is -0.339. The van der Waals surface area contributed by atoms with Gasteiger partial charge in [-0.3, -0.25) is 4.79 Å². The van der Waals surface area contributed by atoms with Crippen molar-refractivity contribution in [2.45, 2.75) is 39.9 Å². The van der Waals surface area contributed by atoms with E-state index in [0.717, 1.165) is 0 Å². The van der Waals surface area contributed by atoms with Crippen LogP contribution in [0.5, 0.6) is 0 Å². The molecular formula is C17H20ClN3O4. The predicted molar refractivity (Wildman–Crippen MR) is 93.7 cm³/mol. The number of aryl methyl sites for hydroxylation is 1. The number of hydrogen-bond donors (Lipinski definition) is 3. The number of carbonyl (C=O) groups excluding carboxylic acids is 2. The zero-order chi connectivity index (χ0) is 18.7. The van der Waals surface area contributed by atoms with Crippen molar-refractivity contribution in [1.82, 2.24) is 9.97 Å². The van der Waals surface area contributed by atoms with Gasteiger partial charge in [-0.25, -0.2) is 9.78 Å². The molecule has 0 aliphatic rings. The molecular weight excluding hydrogens is 346 g/mol. The van der Waals surface area contributed by atoms with Gasteiger partial charge in [0.1, 0.15) is 11.5 Å². The van der Waals surface area contributed by atoms with Crippen molar-refractivity contribution < 1.29 is 19.4 Å². The van der Waals surface area contributed by atoms with Crippen molar-refractivity contribution in [3.05, 3.63) is 45.9 Å². The number of H-pyrrole nitrogens is 1. The number of amides is 1. The summed E-state index contributed by atoms with van der Waals surface area (Å²) in [7, 11) is 0. The smallest absolute Gasteiger partial charge is 0.355 e. The van der Waals surface area contributed by atoms with Gasteiger partial charge in [-0.05, 0) is 45.4 Å². The van der Waals surface area contributed by atoms with Crippen LogP contribution in [0.4, 0.5) is 5.82 Å². The lowest BCUT2D eigenvalue weighted by Crippen LogP contribution is -2.30. The highest BCUT2D eigenvalue weighted by molar-refractivity contribution is 6.30. The SMILES string of the molecule is Cc1[nH]c(C(=O)O[C@H](C)C(=O)Nc2ccc(Cl)cn2)c(C)c1[C@@H](C)O. The van der Waals surface area contributed by atoms with E-state index in [-0.39, 0.29) is 5.69 Å². The van der Waals surface area contributed by atoms with E-state index < -0.39 is 24.1 Å². The van der Waals surface area contributed by atoms with Crippen LogP contribution < -0.4 is 5.32 Å². The van der Waals surface area contributed by atoms with E-state index >= 15 is 0 Å². The number of aliphatic hydroxyl groups is 1. The first kappa shape index (κ1) is 19.0. The normalized spacial score (nSPS) is 13.2. The first-order valence-electron chi connectivity index (χ1n) is 7.71. The Balaban J connectivity index is 2.06. The average molecular weight is 366 g/mol. The molecule has 0 aliphatic carbocycles. The van der Waals surface area contributed by atoms with E-state index in [1.54, 1.807) is 32.9 Å². The molecule has 0 radical (unpaired) electrons. The molecule has 2 aromatic rings. The molecule has 0 saturated heterocycles. The number of nitrogens with one attached hydrogen (secondary N) is 2. The fourth-order valence-electron chi connectivity index (χ4n) is 2.55. The summed E-state index contributed by atoms with van der Waals surface area (Å²) in [6.45, 7) is 6.55. The molecule has 3 N–H and O–H groups in total. The number of rotatable bonds is 5. The minimum atomic E-state index is -1.03. The van der Waals surface area contributed by atoms with Gasteiger partial charge in [-0.1, -0.05) is 11.6 Å². The third-order valence-electron chi connectivity index (χ3n) is 3.75. The van der Waals surface area contributed by atoms with Gasteiger partial charge in [-0.15, -0.1) is 0 Å². The van der Waals surface area contributed by atoms with E-state index in [4.69, 9.17) is 16.3 Å². The van der Waals surface area contributed by atoms with Crippen molar-refractivity contribution in [1.29, 1.82) is 0 Å². The Labute approximate surface area is 150 Å². The summed E-state index contributed by atoms with van der Waals surface area (Å²) in [5, 5.41) is 12.8. The summed E-state index contributed by atoms with van der Waals surface area (Å²) < 4.78 is 5.21. The fourth-order valence-corrected chi connectivity index (χ4v) is 2.66. The number of ether oxygens (including phenoxy) is 1. The first-order chi connectivity index (χ1) is 11.7. The van der Waals surface area contributed by atoms with Crippen molar-refractivity contribution in [3.63, 3.8) is 0 Å². The van der Waals surface area contributed by atoms with Gasteiger partial charge in [-0.2, -0.15) is 0 Å². The van der Waals surface area contributed by atoms with Crippen LogP contribution in [0.2, 0.25) is 5.02 Å². The highest BCUT2D eigenvalue weighted by Gasteiger charge is 2.24. The Kier molecular flexibility index (Phi) is 5.81. The monoisotopic (exact) mass is 365 g/mol. The van der Waals surface area contributed by atoms with E-state index in [1.165, 1.54) is 13.1 Å². The van der Waals surface area contributed by atoms with Crippen LogP contribution >= 0.6 is 11.6 Å². The highest BCUT2D eigenvalue weighted by atomic mass is 35.5. The summed E-state index contributed by atoms with van der Waals surface area (Å²) in [4.78, 5) is 31.3. The molecule has 0 aromatic carbocycles. The molecule has 8 heteroatoms. The summed E-state index contributed by atoms with van der Waals surface area (Å²) >= 11 is 5.73. The van der Waals surface area contributed by atoms with Crippen LogP contribution in [-0.2, 0) is 9.53 Å². The largest absolute Gasteiger partial charge is 0.448 e. The van der Waals surface area contributed by atoms with Crippen molar-refractivity contribution in [3.8, 4) is 0 Å². The zero-order valence-corrected chi connectivity index (χ0v) is 15.1. The van der Waals surface area contributed by atoms with Crippen LogP contribution in [0.1, 0.15) is 47.3 Å². The lowest BCUT2D eigenvalue weighted by Gasteiger charge is -2.13. The summed E-state index contributed by atoms with van der Waals surface area (Å²) in [5.74, 6) is -0.875. The fraction of sp³-hybridized carbons (Fsp3) is 0.353. The molecule has 0 spiro atoms. The number of nitrogens with zero attached hydrogens (tertiary/aromatic N) is 1. The van der Waals surface area contributed by atoms with Crippen molar-refractivity contribution >= 4 is 29.3 Å². The minimum absolute atomic E-state index is 0.220. The maximum atomic E-state index is 12.3. The Morgan fingerprint density at radius 1 is 1.32 bits per heavy atom. The predicted octanol–water partition coefficient (Wildman–Crippen LogP) is 2.92. The van der Waals surface area contributed by atoms with Crippen LogP contribution in [-0.4, -0.2) is 33.1 Å². The van der Waals surface area contributed by atoms with Crippen LogP contribution in [0.15, 0.2) is 18.3 Å². The number of halogens is 1. The number of hydrogen-bond acceptors (Lipinski definition) is 5. The van der Waals surface area contributed by atoms with Gasteiger partial charge in [0.25, 0.3) is 5.91 Å². The molecule has 0 unspecified atom stereocenters. The third-order valence-corrected chi connectivity index (χ3v) is 3.97. The van der Waals surface area contributed by atoms with E-state index in [2.05, 4.69) is 15.3 Å². The Hall–Kier alpha value is -2.38. The Morgan fingerprint density at radius 2 is 2.00 bits per heavy atom. The zero-order valence-electron chi connectivity index (χ0n) is 14.4. The topological polar surface area (TPSA) is 104 Å². The Morgan fingerprint density at radius 3 is 2.52 bits per heavy atom. The van der Waals surface area contributed by atoms with Gasteiger partial charge in [0.15, 0.2) is 6.10 Å². The number of aliphatic hydroxyl groups excluding tert-OH is 1. The van der Waals surface area contributed by atoms with Gasteiger partial charge >= 0.3 is 5.97 Å². The molecule has 25 heavy (non-hydrogen) atoms. The molecule has 2 heterocycles. The molecule has 0 saturated carbocycles. The summed E-state index contributed by atoms with van der Waals surface area (Å²) in [6, 6.07) is 3.13. The van der Waals surface area contributed by atoms with E-state index in [9.17, 15) is 14.7 Å². The van der Waals surface area contributed by atoms with Gasteiger partial charge < -0.3 is 20.1 Å². The molecule has 2 rings (SSSR count). The van der Waals surface area contributed by atoms with Crippen molar-refractivity contribution in [2.24, 2.45) is 0 Å². The number of aromatic amines is 1. The standard InChI is InChI=1S/C17H20ClN3O4/c1-8-14(10(3)22)9(2)20-15(8)17(24)25-11(4)16(23)21-13-6-5-12(18)7-19-13/h5-7,10-11,20,22H,1-4H3,(H,19,21,23)/t10-,11-/m1/s1. The van der Waals surface area contributed by atoms with Crippen LogP contribution in [0.25, 0.3) is 0 Å². The quantitative estimate of drug-likeness (QED) is 0.706. The molecule has 0 fully saturated rings. The lowest BCUT2D eigenvalue weighted by molar-refractivity contribution is -0.123. The maximum absolute atomic E-state index is 12.3. The van der Waals surface area contributed by atoms with Gasteiger partial charge in [0.2, 0.25) is 0 Å². The maximum Gasteiger partial charge on any atom is 0.355 e. The molecule has 2 atom stereocenters. The van der Waals surface area contributed by atoms with Crippen LogP contribution in [0, 0.1) is 13.8 Å². The number of aromatic nitrogens is 2. The molecule has 1 amide bonds. The third kappa shape index (κ3) is 4.37.